The van der Waals surface area contributed by atoms with Gasteiger partial charge in [0.25, 0.3) is 0 Å². The molecule has 0 saturated carbocycles. The van der Waals surface area contributed by atoms with E-state index in [1.807, 2.05) is 17.6 Å². The van der Waals surface area contributed by atoms with Crippen LogP contribution in [0.1, 0.15) is 17.8 Å². The normalized spacial score (nSPS) is 12.8. The molecule has 3 rings (SSSR count). The Kier molecular flexibility index (Phi) is 3.24. The van der Waals surface area contributed by atoms with Crippen LogP contribution in [-0.2, 0) is 0 Å². The van der Waals surface area contributed by atoms with Crippen LogP contribution in [0.25, 0.3) is 10.2 Å². The molecule has 1 unspecified atom stereocenters. The second kappa shape index (κ2) is 4.88. The number of thiazole rings is 1. The Morgan fingerprint density at radius 1 is 1.28 bits per heavy atom. The van der Waals surface area contributed by atoms with E-state index in [1.54, 1.807) is 22.7 Å². The first-order valence-electron chi connectivity index (χ1n) is 5.57. The molecule has 0 aliphatic heterocycles. The molecular weight excluding hydrogens is 284 g/mol. The molecule has 92 valence electrons. The summed E-state index contributed by atoms with van der Waals surface area (Å²) in [7, 11) is 0. The highest BCUT2D eigenvalue weighted by molar-refractivity contribution is 7.16. The van der Waals surface area contributed by atoms with Gasteiger partial charge in [-0.1, -0.05) is 11.6 Å². The number of nitrogens with one attached hydrogen (secondary N) is 1. The molecule has 0 fully saturated rings. The van der Waals surface area contributed by atoms with E-state index in [-0.39, 0.29) is 6.04 Å². The molecule has 0 aliphatic carbocycles. The quantitative estimate of drug-likeness (QED) is 0.719. The molecular formula is C13H11ClN2S2. The van der Waals surface area contributed by atoms with Crippen LogP contribution in [0.3, 0.4) is 0 Å². The van der Waals surface area contributed by atoms with Gasteiger partial charge in [0, 0.05) is 10.6 Å². The summed E-state index contributed by atoms with van der Waals surface area (Å²) in [6.07, 6.45) is 0. The van der Waals surface area contributed by atoms with Gasteiger partial charge < -0.3 is 5.32 Å². The fourth-order valence-corrected chi connectivity index (χ4v) is 3.61. The lowest BCUT2D eigenvalue weighted by Crippen LogP contribution is -2.04. The monoisotopic (exact) mass is 294 g/mol. The molecule has 0 aliphatic rings. The summed E-state index contributed by atoms with van der Waals surface area (Å²) in [5, 5.41) is 3.48. The number of nitrogens with zero attached hydrogens (tertiary/aromatic N) is 1. The van der Waals surface area contributed by atoms with Crippen molar-refractivity contribution in [2.45, 2.75) is 13.0 Å². The average Bonchev–Trinajstić information content (AvgIpc) is 2.96. The van der Waals surface area contributed by atoms with Crippen LogP contribution in [0.5, 0.6) is 0 Å². The van der Waals surface area contributed by atoms with Crippen molar-refractivity contribution in [3.63, 3.8) is 0 Å². The highest BCUT2D eigenvalue weighted by Gasteiger charge is 2.08. The van der Waals surface area contributed by atoms with Crippen LogP contribution in [0.4, 0.5) is 5.69 Å². The van der Waals surface area contributed by atoms with Gasteiger partial charge in [-0.25, -0.2) is 4.98 Å². The maximum atomic E-state index is 5.96. The first kappa shape index (κ1) is 12.0. The highest BCUT2D eigenvalue weighted by atomic mass is 35.5. The van der Waals surface area contributed by atoms with Gasteiger partial charge >= 0.3 is 0 Å². The second-order valence-corrected chi connectivity index (χ2v) is 6.68. The fourth-order valence-electron chi connectivity index (χ4n) is 1.83. The number of benzene rings is 1. The van der Waals surface area contributed by atoms with E-state index in [1.165, 1.54) is 9.58 Å². The molecule has 0 amide bonds. The smallest absolute Gasteiger partial charge is 0.0932 e. The molecule has 2 heterocycles. The second-order valence-electron chi connectivity index (χ2n) is 4.04. The lowest BCUT2D eigenvalue weighted by Gasteiger charge is -2.13. The van der Waals surface area contributed by atoms with Gasteiger partial charge in [-0.15, -0.1) is 22.7 Å². The van der Waals surface area contributed by atoms with E-state index in [9.17, 15) is 0 Å². The largest absolute Gasteiger partial charge is 0.378 e. The Morgan fingerprint density at radius 2 is 2.17 bits per heavy atom. The lowest BCUT2D eigenvalue weighted by atomic mass is 10.2. The van der Waals surface area contributed by atoms with Crippen molar-refractivity contribution in [3.05, 3.63) is 45.1 Å². The molecule has 3 aromatic rings. The van der Waals surface area contributed by atoms with Crippen molar-refractivity contribution < 1.29 is 0 Å². The zero-order chi connectivity index (χ0) is 12.5. The third-order valence-corrected chi connectivity index (χ3v) is 4.94. The number of rotatable bonds is 3. The Morgan fingerprint density at radius 3 is 2.94 bits per heavy atom. The first-order valence-corrected chi connectivity index (χ1v) is 7.65. The van der Waals surface area contributed by atoms with Crippen LogP contribution in [-0.4, -0.2) is 4.98 Å². The zero-order valence-electron chi connectivity index (χ0n) is 9.68. The Hall–Kier alpha value is -1.10. The van der Waals surface area contributed by atoms with Crippen molar-refractivity contribution in [1.82, 2.24) is 4.98 Å². The Labute approximate surface area is 118 Å². The maximum Gasteiger partial charge on any atom is 0.0932 e. The predicted molar refractivity (Wildman–Crippen MR) is 81.0 cm³/mol. The fraction of sp³-hybridized carbons (Fsp3) is 0.154. The summed E-state index contributed by atoms with van der Waals surface area (Å²) in [5.41, 5.74) is 4.04. The van der Waals surface area contributed by atoms with Crippen molar-refractivity contribution in [2.75, 3.05) is 5.32 Å². The summed E-state index contributed by atoms with van der Waals surface area (Å²) < 4.78 is 2.04. The van der Waals surface area contributed by atoms with Crippen LogP contribution in [0, 0.1) is 0 Å². The van der Waals surface area contributed by atoms with Crippen molar-refractivity contribution in [3.8, 4) is 0 Å². The van der Waals surface area contributed by atoms with E-state index in [0.29, 0.717) is 0 Å². The van der Waals surface area contributed by atoms with Crippen LogP contribution in [0.2, 0.25) is 4.34 Å². The van der Waals surface area contributed by atoms with Crippen molar-refractivity contribution in [2.24, 2.45) is 0 Å². The van der Waals surface area contributed by atoms with E-state index >= 15 is 0 Å². The summed E-state index contributed by atoms with van der Waals surface area (Å²) >= 11 is 9.23. The molecule has 0 radical (unpaired) electrons. The van der Waals surface area contributed by atoms with E-state index in [4.69, 9.17) is 11.6 Å². The van der Waals surface area contributed by atoms with Crippen molar-refractivity contribution in [1.29, 1.82) is 0 Å². The summed E-state index contributed by atoms with van der Waals surface area (Å²) in [6, 6.07) is 10.5. The number of fused-ring (bicyclic) bond motifs is 1. The summed E-state index contributed by atoms with van der Waals surface area (Å²) in [6.45, 7) is 2.14. The molecule has 1 aromatic carbocycles. The van der Waals surface area contributed by atoms with Gasteiger partial charge in [-0.3, -0.25) is 0 Å². The number of halogens is 1. The minimum absolute atomic E-state index is 0.257. The summed E-state index contributed by atoms with van der Waals surface area (Å²) in [4.78, 5) is 5.52. The SMILES string of the molecule is CC(Nc1ccc2ncsc2c1)c1ccc(Cl)s1. The van der Waals surface area contributed by atoms with Crippen molar-refractivity contribution >= 4 is 50.2 Å². The van der Waals surface area contributed by atoms with Gasteiger partial charge in [0.15, 0.2) is 0 Å². The molecule has 2 nitrogen and oxygen atoms in total. The number of anilines is 1. The molecule has 0 bridgehead atoms. The Balaban J connectivity index is 1.83. The third-order valence-electron chi connectivity index (χ3n) is 2.74. The number of hydrogen-bond donors (Lipinski definition) is 1. The lowest BCUT2D eigenvalue weighted by molar-refractivity contribution is 0.909. The van der Waals surface area contributed by atoms with Crippen LogP contribution >= 0.6 is 34.3 Å². The molecule has 2 aromatic heterocycles. The minimum atomic E-state index is 0.257. The number of hydrogen-bond acceptors (Lipinski definition) is 4. The summed E-state index contributed by atoms with van der Waals surface area (Å²) in [5.74, 6) is 0. The highest BCUT2D eigenvalue weighted by Crippen LogP contribution is 2.30. The van der Waals surface area contributed by atoms with E-state index in [2.05, 4.69) is 35.4 Å². The topological polar surface area (TPSA) is 24.9 Å². The van der Waals surface area contributed by atoms with E-state index in [0.717, 1.165) is 15.5 Å². The molecule has 0 spiro atoms. The zero-order valence-corrected chi connectivity index (χ0v) is 12.1. The molecule has 1 N–H and O–H groups in total. The standard InChI is InChI=1S/C13H11ClN2S2/c1-8(11-4-5-13(14)18-11)16-9-2-3-10-12(6-9)17-7-15-10/h2-8,16H,1H3. The first-order chi connectivity index (χ1) is 8.72. The number of thiophene rings is 1. The number of aromatic nitrogens is 1. The third kappa shape index (κ3) is 2.36. The maximum absolute atomic E-state index is 5.96. The molecule has 1 atom stereocenters. The minimum Gasteiger partial charge on any atom is -0.378 e. The Bertz CT molecular complexity index is 674. The molecule has 18 heavy (non-hydrogen) atoms. The van der Waals surface area contributed by atoms with Gasteiger partial charge in [0.05, 0.1) is 26.1 Å². The molecule has 0 saturated heterocycles. The molecule has 5 heteroatoms. The average molecular weight is 295 g/mol. The predicted octanol–water partition coefficient (Wildman–Crippen LogP) is 5.18. The van der Waals surface area contributed by atoms with E-state index < -0.39 is 0 Å². The van der Waals surface area contributed by atoms with Gasteiger partial charge in [0.2, 0.25) is 0 Å². The van der Waals surface area contributed by atoms with Crippen LogP contribution < -0.4 is 5.32 Å². The van der Waals surface area contributed by atoms with Gasteiger partial charge in [0.1, 0.15) is 0 Å². The van der Waals surface area contributed by atoms with Gasteiger partial charge in [-0.2, -0.15) is 0 Å². The van der Waals surface area contributed by atoms with Gasteiger partial charge in [-0.05, 0) is 37.3 Å². The van der Waals surface area contributed by atoms with Crippen LogP contribution in [0.15, 0.2) is 35.8 Å².